The van der Waals surface area contributed by atoms with E-state index in [-0.39, 0.29) is 0 Å². The Bertz CT molecular complexity index is 237. The van der Waals surface area contributed by atoms with Gasteiger partial charge < -0.3 is 10.1 Å². The first-order valence-corrected chi connectivity index (χ1v) is 7.83. The molecule has 2 unspecified atom stereocenters. The highest BCUT2D eigenvalue weighted by atomic mass is 16.5. The highest BCUT2D eigenvalue weighted by Gasteiger charge is 2.32. The molecule has 2 rings (SSSR count). The van der Waals surface area contributed by atoms with Gasteiger partial charge in [-0.25, -0.2) is 0 Å². The van der Waals surface area contributed by atoms with Gasteiger partial charge in [-0.2, -0.15) is 0 Å². The largest absolute Gasteiger partial charge is 0.373 e. The zero-order valence-corrected chi connectivity index (χ0v) is 12.3. The number of morpholine rings is 1. The van der Waals surface area contributed by atoms with E-state index in [1.807, 2.05) is 0 Å². The number of nitrogens with zero attached hydrogens (tertiary/aromatic N) is 1. The second kappa shape index (κ2) is 6.88. The van der Waals surface area contributed by atoms with Crippen molar-refractivity contribution < 1.29 is 4.74 Å². The van der Waals surface area contributed by atoms with Crippen LogP contribution in [0.4, 0.5) is 0 Å². The maximum absolute atomic E-state index is 5.87. The predicted molar refractivity (Wildman–Crippen MR) is 75.9 cm³/mol. The molecule has 3 heteroatoms. The van der Waals surface area contributed by atoms with Crippen LogP contribution in [0.5, 0.6) is 0 Å². The molecule has 0 radical (unpaired) electrons. The molecule has 1 aliphatic carbocycles. The molecule has 1 saturated carbocycles. The van der Waals surface area contributed by atoms with Gasteiger partial charge in [-0.15, -0.1) is 0 Å². The normalized spacial score (nSPS) is 39.5. The second-order valence-corrected chi connectivity index (χ2v) is 6.08. The summed E-state index contributed by atoms with van der Waals surface area (Å²) < 4.78 is 5.87. The van der Waals surface area contributed by atoms with Crippen LogP contribution in [-0.4, -0.2) is 48.8 Å². The monoisotopic (exact) mass is 254 g/mol. The van der Waals surface area contributed by atoms with Gasteiger partial charge in [-0.1, -0.05) is 26.2 Å². The zero-order valence-electron chi connectivity index (χ0n) is 12.3. The van der Waals surface area contributed by atoms with E-state index >= 15 is 0 Å². The van der Waals surface area contributed by atoms with E-state index in [2.05, 4.69) is 31.0 Å². The quantitative estimate of drug-likeness (QED) is 0.783. The van der Waals surface area contributed by atoms with Crippen LogP contribution < -0.4 is 5.32 Å². The van der Waals surface area contributed by atoms with E-state index in [1.165, 1.54) is 32.1 Å². The van der Waals surface area contributed by atoms with E-state index in [4.69, 9.17) is 4.74 Å². The number of hydrogen-bond donors (Lipinski definition) is 1. The minimum atomic E-state index is 0.388. The van der Waals surface area contributed by atoms with Crippen LogP contribution in [0.1, 0.15) is 52.9 Å². The summed E-state index contributed by atoms with van der Waals surface area (Å²) in [5, 5.41) is 3.72. The number of rotatable bonds is 3. The number of likely N-dealkylation sites (N-methyl/N-ethyl adjacent to an activating group) is 1. The van der Waals surface area contributed by atoms with E-state index < -0.39 is 0 Å². The van der Waals surface area contributed by atoms with Gasteiger partial charge in [0.05, 0.1) is 12.2 Å². The Balaban J connectivity index is 2.01. The summed E-state index contributed by atoms with van der Waals surface area (Å²) in [5.41, 5.74) is 0. The van der Waals surface area contributed by atoms with Crippen molar-refractivity contribution in [1.82, 2.24) is 10.2 Å². The van der Waals surface area contributed by atoms with E-state index in [1.54, 1.807) is 0 Å². The summed E-state index contributed by atoms with van der Waals surface area (Å²) in [5.74, 6) is 0. The molecule has 3 nitrogen and oxygen atoms in total. The topological polar surface area (TPSA) is 24.5 Å². The molecular weight excluding hydrogens is 224 g/mol. The number of hydrogen-bond acceptors (Lipinski definition) is 3. The molecule has 1 saturated heterocycles. The van der Waals surface area contributed by atoms with Crippen molar-refractivity contribution in [3.05, 3.63) is 0 Å². The summed E-state index contributed by atoms with van der Waals surface area (Å²) in [6.07, 6.45) is 7.68. The molecule has 0 amide bonds. The summed E-state index contributed by atoms with van der Waals surface area (Å²) in [4.78, 5) is 2.69. The molecule has 0 aromatic heterocycles. The molecule has 106 valence electrons. The number of ether oxygens (including phenoxy) is 1. The van der Waals surface area contributed by atoms with Gasteiger partial charge in [0, 0.05) is 25.2 Å². The molecule has 0 bridgehead atoms. The van der Waals surface area contributed by atoms with Gasteiger partial charge in [0.15, 0.2) is 0 Å². The lowest BCUT2D eigenvalue weighted by Crippen LogP contribution is -2.56. The molecule has 4 atom stereocenters. The first kappa shape index (κ1) is 14.3. The second-order valence-electron chi connectivity index (χ2n) is 6.08. The Hall–Kier alpha value is -0.120. The lowest BCUT2D eigenvalue weighted by Gasteiger charge is -2.43. The maximum Gasteiger partial charge on any atom is 0.0678 e. The zero-order chi connectivity index (χ0) is 13.0. The fourth-order valence-electron chi connectivity index (χ4n) is 3.71. The van der Waals surface area contributed by atoms with Gasteiger partial charge in [-0.05, 0) is 33.2 Å². The molecule has 0 aromatic rings. The summed E-state index contributed by atoms with van der Waals surface area (Å²) >= 11 is 0. The van der Waals surface area contributed by atoms with Crippen molar-refractivity contribution in [1.29, 1.82) is 0 Å². The van der Waals surface area contributed by atoms with Gasteiger partial charge in [-0.3, -0.25) is 4.90 Å². The van der Waals surface area contributed by atoms with Crippen molar-refractivity contribution in [2.75, 3.05) is 19.6 Å². The van der Waals surface area contributed by atoms with Crippen LogP contribution in [0.3, 0.4) is 0 Å². The number of nitrogens with one attached hydrogen (secondary N) is 1. The molecule has 0 spiro atoms. The maximum atomic E-state index is 5.87. The Morgan fingerprint density at radius 1 is 1.06 bits per heavy atom. The minimum absolute atomic E-state index is 0.388. The molecule has 2 aliphatic rings. The van der Waals surface area contributed by atoms with Crippen LogP contribution in [0.25, 0.3) is 0 Å². The lowest BCUT2D eigenvalue weighted by molar-refractivity contribution is -0.0849. The SMILES string of the molecule is CCNC1CCCCCC1N1C[C@@H](C)O[C@@H](C)C1. The molecule has 0 aromatic carbocycles. The van der Waals surface area contributed by atoms with Gasteiger partial charge >= 0.3 is 0 Å². The molecular formula is C15H30N2O. The van der Waals surface area contributed by atoms with E-state index in [0.717, 1.165) is 25.7 Å². The van der Waals surface area contributed by atoms with Crippen LogP contribution in [0, 0.1) is 0 Å². The summed E-state index contributed by atoms with van der Waals surface area (Å²) in [7, 11) is 0. The van der Waals surface area contributed by atoms with Gasteiger partial charge in [0.2, 0.25) is 0 Å². The minimum Gasteiger partial charge on any atom is -0.373 e. The van der Waals surface area contributed by atoms with Gasteiger partial charge in [0.25, 0.3) is 0 Å². The average molecular weight is 254 g/mol. The fraction of sp³-hybridized carbons (Fsp3) is 1.00. The third kappa shape index (κ3) is 3.69. The molecule has 1 heterocycles. The first-order valence-electron chi connectivity index (χ1n) is 7.83. The average Bonchev–Trinajstić information content (AvgIpc) is 2.54. The molecule has 1 aliphatic heterocycles. The fourth-order valence-corrected chi connectivity index (χ4v) is 3.71. The van der Waals surface area contributed by atoms with E-state index in [9.17, 15) is 0 Å². The van der Waals surface area contributed by atoms with Gasteiger partial charge in [0.1, 0.15) is 0 Å². The van der Waals surface area contributed by atoms with Crippen LogP contribution >= 0.6 is 0 Å². The Kier molecular flexibility index (Phi) is 5.46. The Morgan fingerprint density at radius 2 is 1.72 bits per heavy atom. The highest BCUT2D eigenvalue weighted by molar-refractivity contribution is 4.89. The molecule has 1 N–H and O–H groups in total. The highest BCUT2D eigenvalue weighted by Crippen LogP contribution is 2.25. The van der Waals surface area contributed by atoms with Crippen LogP contribution in [0.2, 0.25) is 0 Å². The van der Waals surface area contributed by atoms with Crippen molar-refractivity contribution in [3.8, 4) is 0 Å². The third-order valence-corrected chi connectivity index (χ3v) is 4.36. The predicted octanol–water partition coefficient (Wildman–Crippen LogP) is 2.41. The summed E-state index contributed by atoms with van der Waals surface area (Å²) in [6, 6.07) is 1.41. The standard InChI is InChI=1S/C15H30N2O/c1-4-16-14-8-6-5-7-9-15(14)17-10-12(2)18-13(3)11-17/h12-16H,4-11H2,1-3H3/t12-,13+,14?,15?. The molecule has 18 heavy (non-hydrogen) atoms. The van der Waals surface area contributed by atoms with E-state index in [0.29, 0.717) is 18.2 Å². The third-order valence-electron chi connectivity index (χ3n) is 4.36. The van der Waals surface area contributed by atoms with Crippen molar-refractivity contribution in [2.24, 2.45) is 0 Å². The van der Waals surface area contributed by atoms with Crippen molar-refractivity contribution in [2.45, 2.75) is 77.2 Å². The lowest BCUT2D eigenvalue weighted by atomic mass is 9.99. The van der Waals surface area contributed by atoms with Crippen LogP contribution in [0.15, 0.2) is 0 Å². The Morgan fingerprint density at radius 3 is 2.39 bits per heavy atom. The first-order chi connectivity index (χ1) is 8.70. The van der Waals surface area contributed by atoms with Crippen molar-refractivity contribution >= 4 is 0 Å². The van der Waals surface area contributed by atoms with Crippen molar-refractivity contribution in [3.63, 3.8) is 0 Å². The Labute approximate surface area is 112 Å². The smallest absolute Gasteiger partial charge is 0.0678 e. The summed E-state index contributed by atoms with van der Waals surface area (Å²) in [6.45, 7) is 9.96. The van der Waals surface area contributed by atoms with Crippen LogP contribution in [-0.2, 0) is 4.74 Å². The molecule has 2 fully saturated rings.